The van der Waals surface area contributed by atoms with Gasteiger partial charge in [-0.2, -0.15) is 5.10 Å². The third-order valence-corrected chi connectivity index (χ3v) is 4.64. The van der Waals surface area contributed by atoms with Crippen molar-refractivity contribution in [3.63, 3.8) is 0 Å². The Kier molecular flexibility index (Phi) is 3.87. The molecule has 25 heavy (non-hydrogen) atoms. The predicted molar refractivity (Wildman–Crippen MR) is 95.6 cm³/mol. The lowest BCUT2D eigenvalue weighted by Gasteiger charge is -2.20. The molecule has 1 amide bonds. The number of nitrogens with one attached hydrogen (secondary N) is 2. The number of carbonyl (C=O) groups excluding carboxylic acids is 1. The van der Waals surface area contributed by atoms with Crippen LogP contribution in [0, 0.1) is 6.92 Å². The Morgan fingerprint density at radius 3 is 2.80 bits per heavy atom. The number of aromatic nitrogens is 4. The van der Waals surface area contributed by atoms with Crippen LogP contribution in [-0.4, -0.2) is 25.7 Å². The highest BCUT2D eigenvalue weighted by molar-refractivity contribution is 5.94. The molecular weight excluding hydrogens is 314 g/mol. The van der Waals surface area contributed by atoms with E-state index < -0.39 is 0 Å². The van der Waals surface area contributed by atoms with Gasteiger partial charge in [0, 0.05) is 36.2 Å². The molecule has 0 aliphatic carbocycles. The van der Waals surface area contributed by atoms with Gasteiger partial charge < -0.3 is 10.3 Å². The van der Waals surface area contributed by atoms with E-state index in [9.17, 15) is 4.79 Å². The Morgan fingerprint density at radius 2 is 2.08 bits per heavy atom. The molecule has 3 heterocycles. The fraction of sp³-hybridized carbons (Fsp3) is 0.316. The smallest absolute Gasteiger partial charge is 0.226 e. The molecular formula is C19H21N5O. The zero-order chi connectivity index (χ0) is 17.4. The first kappa shape index (κ1) is 15.6. The molecule has 4 rings (SSSR count). The van der Waals surface area contributed by atoms with Gasteiger partial charge in [0.05, 0.1) is 12.2 Å². The molecule has 0 spiro atoms. The van der Waals surface area contributed by atoms with Crippen LogP contribution >= 0.6 is 0 Å². The molecule has 1 aliphatic rings. The Hall–Kier alpha value is -2.89. The third kappa shape index (κ3) is 2.95. The topological polar surface area (TPSA) is 75.6 Å². The largest absolute Gasteiger partial charge is 0.346 e. The normalized spacial score (nSPS) is 16.6. The number of carbonyl (C=O) groups is 1. The summed E-state index contributed by atoms with van der Waals surface area (Å²) < 4.78 is 1.89. The van der Waals surface area contributed by atoms with Gasteiger partial charge in [-0.05, 0) is 12.5 Å². The molecule has 6 nitrogen and oxygen atoms in total. The number of aromatic amines is 1. The van der Waals surface area contributed by atoms with E-state index in [1.165, 1.54) is 5.56 Å². The maximum Gasteiger partial charge on any atom is 0.226 e. The number of aryl methyl sites for hydroxylation is 2. The van der Waals surface area contributed by atoms with Gasteiger partial charge in [0.15, 0.2) is 5.82 Å². The van der Waals surface area contributed by atoms with Crippen LogP contribution in [0.5, 0.6) is 0 Å². The van der Waals surface area contributed by atoms with Crippen LogP contribution in [0.25, 0.3) is 0 Å². The van der Waals surface area contributed by atoms with Gasteiger partial charge in [-0.25, -0.2) is 4.98 Å². The minimum atomic E-state index is -0.0511. The molecule has 2 aromatic heterocycles. The van der Waals surface area contributed by atoms with Crippen molar-refractivity contribution >= 4 is 11.7 Å². The number of amides is 1. The Labute approximate surface area is 146 Å². The van der Waals surface area contributed by atoms with E-state index in [1.54, 1.807) is 0 Å². The lowest BCUT2D eigenvalue weighted by atomic mass is 9.90. The maximum absolute atomic E-state index is 12.2. The van der Waals surface area contributed by atoms with Crippen LogP contribution in [0.3, 0.4) is 0 Å². The van der Waals surface area contributed by atoms with Crippen molar-refractivity contribution in [1.82, 2.24) is 19.7 Å². The van der Waals surface area contributed by atoms with Gasteiger partial charge in [0.2, 0.25) is 5.91 Å². The first-order valence-electron chi connectivity index (χ1n) is 8.60. The number of nitrogens with zero attached hydrogens (tertiary/aromatic N) is 3. The number of H-pyrrole nitrogens is 1. The van der Waals surface area contributed by atoms with Gasteiger partial charge in [-0.1, -0.05) is 37.3 Å². The highest BCUT2D eigenvalue weighted by atomic mass is 16.1. The minimum Gasteiger partial charge on any atom is -0.346 e. The van der Waals surface area contributed by atoms with Crippen LogP contribution < -0.4 is 5.32 Å². The second-order valence-corrected chi connectivity index (χ2v) is 6.47. The van der Waals surface area contributed by atoms with Crippen LogP contribution in [0.4, 0.5) is 5.82 Å². The molecule has 1 atom stereocenters. The average Bonchev–Trinajstić information content (AvgIpc) is 3.17. The van der Waals surface area contributed by atoms with Crippen LogP contribution in [0.2, 0.25) is 0 Å². The van der Waals surface area contributed by atoms with Crippen molar-refractivity contribution in [1.29, 1.82) is 0 Å². The van der Waals surface area contributed by atoms with Gasteiger partial charge in [-0.3, -0.25) is 9.48 Å². The molecule has 128 valence electrons. The lowest BCUT2D eigenvalue weighted by Crippen LogP contribution is -2.23. The summed E-state index contributed by atoms with van der Waals surface area (Å²) in [5, 5.41) is 7.47. The summed E-state index contributed by atoms with van der Waals surface area (Å²) in [6.45, 7) is 4.76. The second kappa shape index (κ2) is 6.20. The van der Waals surface area contributed by atoms with Crippen LogP contribution in [0.1, 0.15) is 47.6 Å². The van der Waals surface area contributed by atoms with Crippen molar-refractivity contribution in [2.24, 2.45) is 0 Å². The van der Waals surface area contributed by atoms with E-state index in [0.717, 1.165) is 29.2 Å². The molecule has 1 aliphatic heterocycles. The summed E-state index contributed by atoms with van der Waals surface area (Å²) in [4.78, 5) is 20.2. The number of imidazole rings is 1. The van der Waals surface area contributed by atoms with E-state index >= 15 is 0 Å². The number of hydrogen-bond donors (Lipinski definition) is 2. The fourth-order valence-corrected chi connectivity index (χ4v) is 3.41. The Morgan fingerprint density at radius 1 is 1.28 bits per heavy atom. The standard InChI is InChI=1S/C19H21N5O/c1-3-16-20-12(2)18(21-16)14-9-17(25)22-19-15(14)11-24(23-19)10-13-7-5-4-6-8-13/h4-8,11,14H,3,9-10H2,1-2H3,(H,20,21)(H,22,23,25). The molecule has 3 aromatic rings. The molecule has 0 saturated carbocycles. The van der Waals surface area contributed by atoms with Crippen molar-refractivity contribution in [3.8, 4) is 0 Å². The van der Waals surface area contributed by atoms with Crippen LogP contribution in [-0.2, 0) is 17.8 Å². The van der Waals surface area contributed by atoms with Crippen molar-refractivity contribution in [3.05, 3.63) is 64.9 Å². The summed E-state index contributed by atoms with van der Waals surface area (Å²) in [5.41, 5.74) is 4.19. The lowest BCUT2D eigenvalue weighted by molar-refractivity contribution is -0.116. The van der Waals surface area contributed by atoms with E-state index in [2.05, 4.69) is 34.5 Å². The summed E-state index contributed by atoms with van der Waals surface area (Å²) in [5.74, 6) is 1.54. The summed E-state index contributed by atoms with van der Waals surface area (Å²) in [7, 11) is 0. The van der Waals surface area contributed by atoms with Gasteiger partial charge in [0.25, 0.3) is 0 Å². The zero-order valence-corrected chi connectivity index (χ0v) is 14.4. The van der Waals surface area contributed by atoms with Crippen molar-refractivity contribution in [2.45, 2.75) is 39.2 Å². The molecule has 0 fully saturated rings. The first-order valence-corrected chi connectivity index (χ1v) is 8.60. The quantitative estimate of drug-likeness (QED) is 0.769. The highest BCUT2D eigenvalue weighted by Crippen LogP contribution is 2.37. The van der Waals surface area contributed by atoms with Gasteiger partial charge in [-0.15, -0.1) is 0 Å². The first-order chi connectivity index (χ1) is 12.1. The number of fused-ring (bicyclic) bond motifs is 1. The maximum atomic E-state index is 12.2. The van der Waals surface area contributed by atoms with Crippen molar-refractivity contribution in [2.75, 3.05) is 5.32 Å². The average molecular weight is 335 g/mol. The van der Waals surface area contributed by atoms with E-state index in [1.807, 2.05) is 36.0 Å². The number of anilines is 1. The SMILES string of the molecule is CCc1nc(C2CC(=O)Nc3nn(Cc4ccccc4)cc32)c(C)[nH]1. The fourth-order valence-electron chi connectivity index (χ4n) is 3.41. The molecule has 1 unspecified atom stereocenters. The molecule has 0 bridgehead atoms. The van der Waals surface area contributed by atoms with Gasteiger partial charge >= 0.3 is 0 Å². The molecule has 0 radical (unpaired) electrons. The highest BCUT2D eigenvalue weighted by Gasteiger charge is 2.32. The summed E-state index contributed by atoms with van der Waals surface area (Å²) >= 11 is 0. The van der Waals surface area contributed by atoms with Gasteiger partial charge in [0.1, 0.15) is 5.82 Å². The molecule has 1 aromatic carbocycles. The molecule has 6 heteroatoms. The van der Waals surface area contributed by atoms with E-state index in [4.69, 9.17) is 4.98 Å². The monoisotopic (exact) mass is 335 g/mol. The van der Waals surface area contributed by atoms with Crippen molar-refractivity contribution < 1.29 is 4.79 Å². The number of benzene rings is 1. The second-order valence-electron chi connectivity index (χ2n) is 6.47. The third-order valence-electron chi connectivity index (χ3n) is 4.64. The Balaban J connectivity index is 1.70. The van der Waals surface area contributed by atoms with Crippen LogP contribution in [0.15, 0.2) is 36.5 Å². The van der Waals surface area contributed by atoms with E-state index in [0.29, 0.717) is 18.8 Å². The van der Waals surface area contributed by atoms with E-state index in [-0.39, 0.29) is 11.8 Å². The number of hydrogen-bond acceptors (Lipinski definition) is 3. The number of rotatable bonds is 4. The Bertz CT molecular complexity index is 909. The summed E-state index contributed by atoms with van der Waals surface area (Å²) in [6, 6.07) is 10.2. The zero-order valence-electron chi connectivity index (χ0n) is 14.4. The molecule has 0 saturated heterocycles. The predicted octanol–water partition coefficient (Wildman–Crippen LogP) is 3.00. The molecule has 2 N–H and O–H groups in total. The summed E-state index contributed by atoms with van der Waals surface area (Å²) in [6.07, 6.45) is 3.28. The minimum absolute atomic E-state index is 0.0112.